The van der Waals surface area contributed by atoms with Gasteiger partial charge in [-0.3, -0.25) is 9.69 Å². The zero-order valence-corrected chi connectivity index (χ0v) is 21.0. The van der Waals surface area contributed by atoms with Gasteiger partial charge in [-0.25, -0.2) is 4.99 Å². The summed E-state index contributed by atoms with van der Waals surface area (Å²) >= 11 is 15.3. The number of hydrogen-bond acceptors (Lipinski definition) is 5. The Kier molecular flexibility index (Phi) is 6.99. The molecule has 0 aliphatic carbocycles. The van der Waals surface area contributed by atoms with E-state index in [1.807, 2.05) is 22.6 Å². The van der Waals surface area contributed by atoms with E-state index in [9.17, 15) is 9.90 Å². The maximum Gasteiger partial charge on any atom is 0.271 e. The van der Waals surface area contributed by atoms with Crippen molar-refractivity contribution in [3.8, 4) is 11.5 Å². The molecule has 0 bridgehead atoms. The molecule has 1 aliphatic rings. The molecule has 9 heteroatoms. The molecule has 0 radical (unpaired) electrons. The minimum atomic E-state index is -0.216. The smallest absolute Gasteiger partial charge is 0.271 e. The number of anilines is 1. The first-order valence-corrected chi connectivity index (χ1v) is 11.9. The molecule has 0 spiro atoms. The van der Waals surface area contributed by atoms with Gasteiger partial charge in [0.25, 0.3) is 5.91 Å². The quantitative estimate of drug-likeness (QED) is 0.257. The maximum atomic E-state index is 13.4. The number of amidine groups is 1. The van der Waals surface area contributed by atoms with Crippen molar-refractivity contribution in [3.63, 3.8) is 0 Å². The van der Waals surface area contributed by atoms with Gasteiger partial charge in [0.1, 0.15) is 0 Å². The number of amides is 1. The number of carbonyl (C=O) groups is 1. The topological polar surface area (TPSA) is 62.1 Å². The van der Waals surface area contributed by atoms with Crippen LogP contribution in [0.2, 0.25) is 10.0 Å². The van der Waals surface area contributed by atoms with E-state index in [-0.39, 0.29) is 11.7 Å². The van der Waals surface area contributed by atoms with Crippen molar-refractivity contribution < 1.29 is 14.6 Å². The molecule has 4 rings (SSSR count). The SMILES string of the molecule is COc1cc(/C=C2\SC(=Nc3ccc(Cl)cc3)N(c3ccc(Cl)cc3)C2=O)cc(I)c1O. The van der Waals surface area contributed by atoms with Gasteiger partial charge in [0.2, 0.25) is 0 Å². The third kappa shape index (κ3) is 4.91. The van der Waals surface area contributed by atoms with Crippen molar-refractivity contribution in [1.29, 1.82) is 0 Å². The molecule has 1 N–H and O–H groups in total. The number of aliphatic imine (C=N–C) groups is 1. The highest BCUT2D eigenvalue weighted by molar-refractivity contribution is 14.1. The summed E-state index contributed by atoms with van der Waals surface area (Å²) in [7, 11) is 1.48. The number of thioether (sulfide) groups is 1. The number of carbonyl (C=O) groups excluding carboxylic acids is 1. The molecule has 3 aromatic rings. The molecule has 0 saturated carbocycles. The van der Waals surface area contributed by atoms with Crippen molar-refractivity contribution in [2.75, 3.05) is 12.0 Å². The number of halogens is 3. The Morgan fingerprint density at radius 3 is 2.31 bits per heavy atom. The summed E-state index contributed by atoms with van der Waals surface area (Å²) in [5.74, 6) is 0.185. The molecule has 1 amide bonds. The van der Waals surface area contributed by atoms with Crippen LogP contribution in [0.5, 0.6) is 11.5 Å². The minimum Gasteiger partial charge on any atom is -0.504 e. The van der Waals surface area contributed by atoms with Gasteiger partial charge in [0, 0.05) is 10.0 Å². The number of methoxy groups -OCH3 is 1. The average molecular weight is 597 g/mol. The lowest BCUT2D eigenvalue weighted by atomic mass is 10.2. The lowest BCUT2D eigenvalue weighted by Crippen LogP contribution is -2.28. The van der Waals surface area contributed by atoms with Crippen LogP contribution in [0.1, 0.15) is 5.56 Å². The second-order valence-electron chi connectivity index (χ2n) is 6.65. The predicted molar refractivity (Wildman–Crippen MR) is 140 cm³/mol. The standard InChI is InChI=1S/C23H15Cl2IN2O3S/c1-31-19-11-13(10-18(26)21(19)29)12-20-22(30)28(17-8-4-15(25)5-9-17)23(32-20)27-16-6-2-14(24)3-7-16/h2-12,29H,1H3/b20-12-,27-23?. The van der Waals surface area contributed by atoms with Crippen molar-refractivity contribution in [1.82, 2.24) is 0 Å². The number of aromatic hydroxyl groups is 1. The zero-order chi connectivity index (χ0) is 22.8. The van der Waals surface area contributed by atoms with Gasteiger partial charge in [-0.1, -0.05) is 23.2 Å². The first-order valence-electron chi connectivity index (χ1n) is 9.26. The van der Waals surface area contributed by atoms with Gasteiger partial charge in [-0.05, 0) is 107 Å². The Balaban J connectivity index is 1.78. The Morgan fingerprint density at radius 2 is 1.69 bits per heavy atom. The van der Waals surface area contributed by atoms with Gasteiger partial charge in [-0.2, -0.15) is 0 Å². The van der Waals surface area contributed by atoms with E-state index in [0.29, 0.717) is 40.8 Å². The number of nitrogens with zero attached hydrogens (tertiary/aromatic N) is 2. The molecule has 1 heterocycles. The van der Waals surface area contributed by atoms with E-state index >= 15 is 0 Å². The van der Waals surface area contributed by atoms with Crippen LogP contribution in [0.3, 0.4) is 0 Å². The molecule has 1 aliphatic heterocycles. The summed E-state index contributed by atoms with van der Waals surface area (Å²) in [5.41, 5.74) is 2.05. The number of phenols is 1. The van der Waals surface area contributed by atoms with Gasteiger partial charge < -0.3 is 9.84 Å². The van der Waals surface area contributed by atoms with E-state index in [4.69, 9.17) is 27.9 Å². The van der Waals surface area contributed by atoms with E-state index in [1.54, 1.807) is 71.6 Å². The van der Waals surface area contributed by atoms with Gasteiger partial charge >= 0.3 is 0 Å². The Hall–Kier alpha value is -2.20. The molecule has 0 unspecified atom stereocenters. The molecule has 32 heavy (non-hydrogen) atoms. The summed E-state index contributed by atoms with van der Waals surface area (Å²) in [6, 6.07) is 17.5. The van der Waals surface area contributed by atoms with E-state index in [2.05, 4.69) is 4.99 Å². The molecule has 0 aromatic heterocycles. The van der Waals surface area contributed by atoms with Crippen LogP contribution in [0.25, 0.3) is 6.08 Å². The fraction of sp³-hybridized carbons (Fsp3) is 0.0435. The minimum absolute atomic E-state index is 0.0634. The van der Waals surface area contributed by atoms with Crippen molar-refractivity contribution in [2.45, 2.75) is 0 Å². The normalized spacial score (nSPS) is 16.2. The van der Waals surface area contributed by atoms with Crippen LogP contribution in [0.4, 0.5) is 11.4 Å². The Morgan fingerprint density at radius 1 is 1.06 bits per heavy atom. The third-order valence-corrected chi connectivity index (χ3v) is 6.81. The van der Waals surface area contributed by atoms with Crippen LogP contribution in [0.15, 0.2) is 70.6 Å². The molecular formula is C23H15Cl2IN2O3S. The fourth-order valence-electron chi connectivity index (χ4n) is 2.98. The first-order chi connectivity index (χ1) is 15.4. The van der Waals surface area contributed by atoms with Crippen LogP contribution in [-0.2, 0) is 4.79 Å². The highest BCUT2D eigenvalue weighted by atomic mass is 127. The van der Waals surface area contributed by atoms with Gasteiger partial charge in [-0.15, -0.1) is 0 Å². The number of benzene rings is 3. The summed E-state index contributed by atoms with van der Waals surface area (Å²) in [4.78, 5) is 20.1. The Bertz CT molecular complexity index is 1250. The van der Waals surface area contributed by atoms with Crippen molar-refractivity contribution in [2.24, 2.45) is 4.99 Å². The van der Waals surface area contributed by atoms with Crippen LogP contribution in [-0.4, -0.2) is 23.3 Å². The maximum absolute atomic E-state index is 13.4. The first kappa shape index (κ1) is 23.0. The number of phenolic OH excluding ortho intramolecular Hbond substituents is 1. The summed E-state index contributed by atoms with van der Waals surface area (Å²) in [6.07, 6.45) is 1.75. The highest BCUT2D eigenvalue weighted by Gasteiger charge is 2.34. The molecular weight excluding hydrogens is 582 g/mol. The molecule has 5 nitrogen and oxygen atoms in total. The van der Waals surface area contributed by atoms with Crippen molar-refractivity contribution >= 4 is 86.1 Å². The molecule has 1 fully saturated rings. The molecule has 3 aromatic carbocycles. The monoisotopic (exact) mass is 596 g/mol. The second kappa shape index (κ2) is 9.74. The largest absolute Gasteiger partial charge is 0.504 e. The lowest BCUT2D eigenvalue weighted by Gasteiger charge is -2.15. The van der Waals surface area contributed by atoms with Gasteiger partial charge in [0.05, 0.1) is 27.0 Å². The van der Waals surface area contributed by atoms with Crippen LogP contribution in [0, 0.1) is 3.57 Å². The predicted octanol–water partition coefficient (Wildman–Crippen LogP) is 7.12. The molecule has 1 saturated heterocycles. The van der Waals surface area contributed by atoms with Crippen LogP contribution < -0.4 is 9.64 Å². The summed E-state index contributed by atoms with van der Waals surface area (Å²) in [6.45, 7) is 0. The van der Waals surface area contributed by atoms with E-state index in [0.717, 1.165) is 5.56 Å². The molecule has 0 atom stereocenters. The Labute approximate surface area is 212 Å². The number of rotatable bonds is 4. The van der Waals surface area contributed by atoms with Crippen LogP contribution >= 0.6 is 57.6 Å². The zero-order valence-electron chi connectivity index (χ0n) is 16.6. The number of hydrogen-bond donors (Lipinski definition) is 1. The highest BCUT2D eigenvalue weighted by Crippen LogP contribution is 2.39. The summed E-state index contributed by atoms with van der Waals surface area (Å²) < 4.78 is 5.86. The lowest BCUT2D eigenvalue weighted by molar-refractivity contribution is -0.113. The fourth-order valence-corrected chi connectivity index (χ4v) is 4.86. The third-order valence-electron chi connectivity index (χ3n) is 4.51. The van der Waals surface area contributed by atoms with E-state index < -0.39 is 0 Å². The second-order valence-corrected chi connectivity index (χ2v) is 9.70. The summed E-state index contributed by atoms with van der Waals surface area (Å²) in [5, 5.41) is 11.8. The van der Waals surface area contributed by atoms with Gasteiger partial charge in [0.15, 0.2) is 16.7 Å². The molecule has 162 valence electrons. The van der Waals surface area contributed by atoms with E-state index in [1.165, 1.54) is 18.9 Å². The average Bonchev–Trinajstić information content (AvgIpc) is 3.07. The number of ether oxygens (including phenoxy) is 1. The van der Waals surface area contributed by atoms with Crippen molar-refractivity contribution in [3.05, 3.63) is 84.7 Å².